The molecule has 0 saturated carbocycles. The highest BCUT2D eigenvalue weighted by Gasteiger charge is 2.30. The van der Waals surface area contributed by atoms with Gasteiger partial charge in [-0.25, -0.2) is 12.7 Å². The minimum Gasteiger partial charge on any atom is -0.349 e. The fourth-order valence-electron chi connectivity index (χ4n) is 4.51. The molecule has 184 valence electrons. The first kappa shape index (κ1) is 24.9. The van der Waals surface area contributed by atoms with E-state index in [1.165, 1.54) is 18.4 Å². The van der Waals surface area contributed by atoms with Crippen molar-refractivity contribution in [3.05, 3.63) is 77.9 Å². The van der Waals surface area contributed by atoms with E-state index in [1.807, 2.05) is 49.4 Å². The quantitative estimate of drug-likeness (QED) is 0.566. The molecule has 0 spiro atoms. The minimum absolute atomic E-state index is 0.0509. The molecule has 35 heavy (non-hydrogen) atoms. The van der Waals surface area contributed by atoms with Gasteiger partial charge in [-0.05, 0) is 54.3 Å². The Kier molecular flexibility index (Phi) is 7.23. The van der Waals surface area contributed by atoms with Crippen molar-refractivity contribution < 1.29 is 18.0 Å². The van der Waals surface area contributed by atoms with Crippen LogP contribution in [0.1, 0.15) is 41.7 Å². The second-order valence-corrected chi connectivity index (χ2v) is 11.4. The summed E-state index contributed by atoms with van der Waals surface area (Å²) in [6.07, 6.45) is 1.48. The van der Waals surface area contributed by atoms with Gasteiger partial charge < -0.3 is 10.2 Å². The lowest BCUT2D eigenvalue weighted by Crippen LogP contribution is -2.45. The third kappa shape index (κ3) is 5.23. The van der Waals surface area contributed by atoms with E-state index < -0.39 is 10.0 Å². The van der Waals surface area contributed by atoms with Gasteiger partial charge >= 0.3 is 0 Å². The van der Waals surface area contributed by atoms with Gasteiger partial charge in [0.2, 0.25) is 15.9 Å². The summed E-state index contributed by atoms with van der Waals surface area (Å²) in [5, 5.41) is 4.97. The topological polar surface area (TPSA) is 86.8 Å². The monoisotopic (exact) mass is 493 g/mol. The number of hydrogen-bond acceptors (Lipinski definition) is 4. The number of nitrogens with one attached hydrogen (secondary N) is 1. The summed E-state index contributed by atoms with van der Waals surface area (Å²) in [4.78, 5) is 28.4. The van der Waals surface area contributed by atoms with E-state index in [0.29, 0.717) is 18.7 Å². The Hall–Kier alpha value is -3.23. The van der Waals surface area contributed by atoms with Crippen molar-refractivity contribution in [1.82, 2.24) is 14.5 Å². The molecule has 1 saturated heterocycles. The number of amides is 2. The van der Waals surface area contributed by atoms with Gasteiger partial charge in [0, 0.05) is 32.7 Å². The molecule has 4 rings (SSSR count). The molecule has 0 radical (unpaired) electrons. The van der Waals surface area contributed by atoms with Crippen molar-refractivity contribution in [2.45, 2.75) is 30.7 Å². The van der Waals surface area contributed by atoms with Crippen LogP contribution in [0.4, 0.5) is 0 Å². The maximum atomic E-state index is 13.3. The summed E-state index contributed by atoms with van der Waals surface area (Å²) in [5.74, 6) is -0.443. The van der Waals surface area contributed by atoms with Crippen LogP contribution in [0.25, 0.3) is 10.8 Å². The number of nitrogens with zero attached hydrogens (tertiary/aromatic N) is 2. The molecule has 0 aliphatic carbocycles. The van der Waals surface area contributed by atoms with E-state index in [0.717, 1.165) is 29.2 Å². The number of carbonyl (C=O) groups is 2. The number of rotatable bonds is 6. The zero-order valence-corrected chi connectivity index (χ0v) is 21.1. The molecule has 8 heteroatoms. The van der Waals surface area contributed by atoms with E-state index in [4.69, 9.17) is 0 Å². The molecule has 3 aromatic carbocycles. The summed E-state index contributed by atoms with van der Waals surface area (Å²) in [5.41, 5.74) is 1.47. The Balaban J connectivity index is 1.42. The lowest BCUT2D eigenvalue weighted by molar-refractivity contribution is -0.127. The molecule has 2 unspecified atom stereocenters. The normalized spacial score (nSPS) is 17.4. The lowest BCUT2D eigenvalue weighted by atomic mass is 9.95. The van der Waals surface area contributed by atoms with Gasteiger partial charge in [-0.3, -0.25) is 9.59 Å². The maximum Gasteiger partial charge on any atom is 0.254 e. The molecule has 1 aliphatic rings. The molecule has 1 fully saturated rings. The Morgan fingerprint density at radius 2 is 1.69 bits per heavy atom. The van der Waals surface area contributed by atoms with Gasteiger partial charge in [0.05, 0.1) is 16.9 Å². The lowest BCUT2D eigenvalue weighted by Gasteiger charge is -2.33. The Bertz CT molecular complexity index is 1330. The van der Waals surface area contributed by atoms with E-state index >= 15 is 0 Å². The molecule has 2 amide bonds. The smallest absolute Gasteiger partial charge is 0.254 e. The molecule has 7 nitrogen and oxygen atoms in total. The molecule has 1 heterocycles. The largest absolute Gasteiger partial charge is 0.349 e. The van der Waals surface area contributed by atoms with Crippen LogP contribution < -0.4 is 5.32 Å². The molecule has 2 atom stereocenters. The first-order valence-corrected chi connectivity index (χ1v) is 13.2. The van der Waals surface area contributed by atoms with Crippen LogP contribution in [0, 0.1) is 5.92 Å². The third-order valence-electron chi connectivity index (χ3n) is 6.62. The summed E-state index contributed by atoms with van der Waals surface area (Å²) in [7, 11) is -0.521. The minimum atomic E-state index is -3.50. The van der Waals surface area contributed by atoms with E-state index in [1.54, 1.807) is 29.2 Å². The van der Waals surface area contributed by atoms with E-state index in [9.17, 15) is 18.0 Å². The number of hydrogen-bond donors (Lipinski definition) is 1. The number of likely N-dealkylation sites (tertiary alicyclic amines) is 1. The van der Waals surface area contributed by atoms with Crippen molar-refractivity contribution in [1.29, 1.82) is 0 Å². The number of sulfonamides is 1. The van der Waals surface area contributed by atoms with Crippen LogP contribution in [-0.2, 0) is 14.8 Å². The Labute approximate surface area is 206 Å². The molecule has 1 aliphatic heterocycles. The van der Waals surface area contributed by atoms with Crippen LogP contribution in [0.15, 0.2) is 71.6 Å². The van der Waals surface area contributed by atoms with Gasteiger partial charge in [0.15, 0.2) is 0 Å². The maximum absolute atomic E-state index is 13.3. The van der Waals surface area contributed by atoms with E-state index in [-0.39, 0.29) is 28.7 Å². The predicted molar refractivity (Wildman–Crippen MR) is 136 cm³/mol. The van der Waals surface area contributed by atoms with Crippen LogP contribution in [0.3, 0.4) is 0 Å². The first-order valence-electron chi connectivity index (χ1n) is 11.8. The highest BCUT2D eigenvalue weighted by Crippen LogP contribution is 2.25. The molecule has 0 aromatic heterocycles. The Morgan fingerprint density at radius 1 is 1.00 bits per heavy atom. The molecule has 0 bridgehead atoms. The van der Waals surface area contributed by atoms with Gasteiger partial charge in [-0.15, -0.1) is 0 Å². The van der Waals surface area contributed by atoms with Crippen LogP contribution in [-0.4, -0.2) is 56.6 Å². The van der Waals surface area contributed by atoms with Gasteiger partial charge in [-0.2, -0.15) is 0 Å². The second-order valence-electron chi connectivity index (χ2n) is 9.20. The average Bonchev–Trinajstić information content (AvgIpc) is 2.88. The third-order valence-corrected chi connectivity index (χ3v) is 8.45. The zero-order valence-electron chi connectivity index (χ0n) is 20.3. The van der Waals surface area contributed by atoms with Crippen molar-refractivity contribution in [2.75, 3.05) is 27.2 Å². The molecule has 3 aromatic rings. The Morgan fingerprint density at radius 3 is 2.40 bits per heavy atom. The number of benzene rings is 3. The van der Waals surface area contributed by atoms with Crippen molar-refractivity contribution >= 4 is 32.6 Å². The van der Waals surface area contributed by atoms with Crippen molar-refractivity contribution in [2.24, 2.45) is 5.92 Å². The molecular formula is C27H31N3O4S. The zero-order chi connectivity index (χ0) is 25.2. The van der Waals surface area contributed by atoms with Gasteiger partial charge in [0.25, 0.3) is 5.91 Å². The highest BCUT2D eigenvalue weighted by atomic mass is 32.2. The molecular weight excluding hydrogens is 462 g/mol. The summed E-state index contributed by atoms with van der Waals surface area (Å²) < 4.78 is 25.7. The van der Waals surface area contributed by atoms with E-state index in [2.05, 4.69) is 5.32 Å². The summed E-state index contributed by atoms with van der Waals surface area (Å²) in [6.45, 7) is 2.87. The average molecular weight is 494 g/mol. The number of piperidine rings is 1. The fraction of sp³-hybridized carbons (Fsp3) is 0.333. The van der Waals surface area contributed by atoms with Gasteiger partial charge in [0.1, 0.15) is 0 Å². The fourth-order valence-corrected chi connectivity index (χ4v) is 5.41. The van der Waals surface area contributed by atoms with Crippen LogP contribution in [0.2, 0.25) is 0 Å². The van der Waals surface area contributed by atoms with Crippen molar-refractivity contribution in [3.63, 3.8) is 0 Å². The summed E-state index contributed by atoms with van der Waals surface area (Å²) >= 11 is 0. The summed E-state index contributed by atoms with van der Waals surface area (Å²) in [6, 6.07) is 19.8. The van der Waals surface area contributed by atoms with Crippen LogP contribution in [0.5, 0.6) is 0 Å². The van der Waals surface area contributed by atoms with Gasteiger partial charge in [-0.1, -0.05) is 48.5 Å². The SMILES string of the molecule is CC(NC(=O)C1CCCN(C(=O)c2cccc3ccccc23)C1)c1ccc(S(=O)(=O)N(C)C)cc1. The number of fused-ring (bicyclic) bond motifs is 1. The standard InChI is InChI=1S/C27H31N3O4S/c1-19(20-13-15-23(16-14-20)35(33,34)29(2)3)28-26(31)22-10-7-17-30(18-22)27(32)25-12-6-9-21-8-4-5-11-24(21)25/h4-6,8-9,11-16,19,22H,7,10,17-18H2,1-3H3,(H,28,31). The molecule has 1 N–H and O–H groups in total. The highest BCUT2D eigenvalue weighted by molar-refractivity contribution is 7.89. The first-order chi connectivity index (χ1) is 16.7. The van der Waals surface area contributed by atoms with Crippen LogP contribution >= 0.6 is 0 Å². The van der Waals surface area contributed by atoms with Crippen molar-refractivity contribution in [3.8, 4) is 0 Å². The second kappa shape index (κ2) is 10.2. The number of carbonyl (C=O) groups excluding carboxylic acids is 2. The predicted octanol–water partition coefficient (Wildman–Crippen LogP) is 3.82.